The highest BCUT2D eigenvalue weighted by Gasteiger charge is 2.17. The summed E-state index contributed by atoms with van der Waals surface area (Å²) in [6.45, 7) is 0.231. The van der Waals surface area contributed by atoms with Crippen molar-refractivity contribution in [3.63, 3.8) is 0 Å². The normalized spacial score (nSPS) is 16.5. The van der Waals surface area contributed by atoms with Crippen molar-refractivity contribution in [2.45, 2.75) is 0 Å². The molecule has 0 bridgehead atoms. The summed E-state index contributed by atoms with van der Waals surface area (Å²) in [5.74, 6) is -1.02. The molecule has 11 heavy (non-hydrogen) atoms. The standard InChI is InChI=1S/C6H8N2O3/c1-11-8-4-7-3-2-5(8)6(9)10/h2-3H,4H2,1H3,(H,9,10). The molecule has 1 N–H and O–H groups in total. The van der Waals surface area contributed by atoms with E-state index in [9.17, 15) is 4.79 Å². The van der Waals surface area contributed by atoms with Gasteiger partial charge in [-0.15, -0.1) is 0 Å². The summed E-state index contributed by atoms with van der Waals surface area (Å²) in [7, 11) is 1.40. The molecule has 0 spiro atoms. The van der Waals surface area contributed by atoms with Crippen molar-refractivity contribution >= 4 is 12.2 Å². The van der Waals surface area contributed by atoms with Gasteiger partial charge in [0.1, 0.15) is 6.67 Å². The molecule has 0 aliphatic carbocycles. The van der Waals surface area contributed by atoms with Gasteiger partial charge >= 0.3 is 5.97 Å². The molecule has 60 valence electrons. The Morgan fingerprint density at radius 2 is 2.64 bits per heavy atom. The van der Waals surface area contributed by atoms with Crippen LogP contribution < -0.4 is 0 Å². The molecular weight excluding hydrogens is 148 g/mol. The Morgan fingerprint density at radius 1 is 1.91 bits per heavy atom. The fourth-order valence-electron chi connectivity index (χ4n) is 0.738. The predicted molar refractivity (Wildman–Crippen MR) is 37.9 cm³/mol. The van der Waals surface area contributed by atoms with E-state index in [1.165, 1.54) is 24.5 Å². The van der Waals surface area contributed by atoms with E-state index in [4.69, 9.17) is 9.94 Å². The number of hydrogen-bond donors (Lipinski definition) is 1. The van der Waals surface area contributed by atoms with Crippen molar-refractivity contribution in [1.82, 2.24) is 5.06 Å². The number of rotatable bonds is 2. The molecule has 0 fully saturated rings. The van der Waals surface area contributed by atoms with Gasteiger partial charge in [0.15, 0.2) is 5.70 Å². The maximum absolute atomic E-state index is 10.5. The summed E-state index contributed by atoms with van der Waals surface area (Å²) in [5.41, 5.74) is 0.0995. The Kier molecular flexibility index (Phi) is 2.22. The highest BCUT2D eigenvalue weighted by Crippen LogP contribution is 2.06. The van der Waals surface area contributed by atoms with E-state index >= 15 is 0 Å². The van der Waals surface area contributed by atoms with Crippen LogP contribution in [-0.4, -0.2) is 36.1 Å². The van der Waals surface area contributed by atoms with E-state index < -0.39 is 5.97 Å². The van der Waals surface area contributed by atoms with Gasteiger partial charge < -0.3 is 5.11 Å². The monoisotopic (exact) mass is 156 g/mol. The van der Waals surface area contributed by atoms with Gasteiger partial charge in [0.05, 0.1) is 7.11 Å². The Bertz CT molecular complexity index is 222. The van der Waals surface area contributed by atoms with Crippen LogP contribution in [0.4, 0.5) is 0 Å². The van der Waals surface area contributed by atoms with Crippen molar-refractivity contribution in [2.75, 3.05) is 13.8 Å². The zero-order chi connectivity index (χ0) is 8.27. The smallest absolute Gasteiger partial charge is 0.354 e. The summed E-state index contributed by atoms with van der Waals surface area (Å²) in [6, 6.07) is 0. The first-order chi connectivity index (χ1) is 5.25. The summed E-state index contributed by atoms with van der Waals surface area (Å²) < 4.78 is 0. The number of aliphatic imine (C=N–C) groups is 1. The number of carboxylic acids is 1. The van der Waals surface area contributed by atoms with Crippen LogP contribution in [-0.2, 0) is 9.63 Å². The minimum atomic E-state index is -1.02. The first kappa shape index (κ1) is 7.74. The first-order valence-corrected chi connectivity index (χ1v) is 3.00. The molecule has 0 saturated carbocycles. The summed E-state index contributed by atoms with van der Waals surface area (Å²) in [5, 5.41) is 9.78. The minimum absolute atomic E-state index is 0.0995. The molecule has 1 aliphatic heterocycles. The zero-order valence-electron chi connectivity index (χ0n) is 6.02. The van der Waals surface area contributed by atoms with Gasteiger partial charge in [-0.25, -0.2) is 9.86 Å². The van der Waals surface area contributed by atoms with Crippen LogP contribution in [0.2, 0.25) is 0 Å². The second-order valence-electron chi connectivity index (χ2n) is 1.89. The van der Waals surface area contributed by atoms with E-state index in [0.29, 0.717) is 0 Å². The van der Waals surface area contributed by atoms with Gasteiger partial charge in [0, 0.05) is 6.21 Å². The van der Waals surface area contributed by atoms with Crippen LogP contribution in [0.5, 0.6) is 0 Å². The lowest BCUT2D eigenvalue weighted by molar-refractivity contribution is -0.147. The highest BCUT2D eigenvalue weighted by molar-refractivity contribution is 5.92. The van der Waals surface area contributed by atoms with Gasteiger partial charge in [-0.2, -0.15) is 0 Å². The number of nitrogens with zero attached hydrogens (tertiary/aromatic N) is 2. The lowest BCUT2D eigenvalue weighted by atomic mass is 10.4. The summed E-state index contributed by atoms with van der Waals surface area (Å²) in [6.07, 6.45) is 2.83. The molecule has 0 aromatic carbocycles. The molecule has 1 rings (SSSR count). The molecule has 0 unspecified atom stereocenters. The van der Waals surface area contributed by atoms with Crippen LogP contribution in [0.3, 0.4) is 0 Å². The van der Waals surface area contributed by atoms with E-state index in [1.54, 1.807) is 0 Å². The van der Waals surface area contributed by atoms with Crippen molar-refractivity contribution in [2.24, 2.45) is 4.99 Å². The predicted octanol–water partition coefficient (Wildman–Crippen LogP) is -0.140. The maximum atomic E-state index is 10.5. The second kappa shape index (κ2) is 3.16. The quantitative estimate of drug-likeness (QED) is 0.604. The Balaban J connectivity index is 2.78. The number of allylic oxidation sites excluding steroid dienone is 1. The fraction of sp³-hybridized carbons (Fsp3) is 0.333. The van der Waals surface area contributed by atoms with Gasteiger partial charge in [0.25, 0.3) is 0 Å². The average molecular weight is 156 g/mol. The molecule has 1 heterocycles. The van der Waals surface area contributed by atoms with Crippen molar-refractivity contribution in [3.05, 3.63) is 11.8 Å². The number of hydrogen-bond acceptors (Lipinski definition) is 4. The third-order valence-electron chi connectivity index (χ3n) is 1.26. The maximum Gasteiger partial charge on any atom is 0.354 e. The Hall–Kier alpha value is -1.36. The van der Waals surface area contributed by atoms with E-state index in [-0.39, 0.29) is 12.4 Å². The van der Waals surface area contributed by atoms with E-state index in [2.05, 4.69) is 4.99 Å². The Morgan fingerprint density at radius 3 is 3.09 bits per heavy atom. The third kappa shape index (κ3) is 1.56. The SMILES string of the molecule is CON1CN=CC=C1C(=O)O. The van der Waals surface area contributed by atoms with Crippen molar-refractivity contribution in [3.8, 4) is 0 Å². The molecule has 0 radical (unpaired) electrons. The highest BCUT2D eigenvalue weighted by atomic mass is 16.7. The van der Waals surface area contributed by atoms with E-state index in [0.717, 1.165) is 0 Å². The summed E-state index contributed by atoms with van der Waals surface area (Å²) >= 11 is 0. The van der Waals surface area contributed by atoms with Crippen molar-refractivity contribution < 1.29 is 14.7 Å². The van der Waals surface area contributed by atoms with Gasteiger partial charge in [-0.05, 0) is 6.08 Å². The number of hydroxylamine groups is 2. The van der Waals surface area contributed by atoms with Crippen molar-refractivity contribution in [1.29, 1.82) is 0 Å². The van der Waals surface area contributed by atoms with Crippen LogP contribution in [0.1, 0.15) is 0 Å². The van der Waals surface area contributed by atoms with E-state index in [1.807, 2.05) is 0 Å². The van der Waals surface area contributed by atoms with Crippen LogP contribution in [0.25, 0.3) is 0 Å². The lowest BCUT2D eigenvalue weighted by Crippen LogP contribution is -2.28. The van der Waals surface area contributed by atoms with Crippen LogP contribution >= 0.6 is 0 Å². The molecular formula is C6H8N2O3. The molecule has 0 aromatic rings. The van der Waals surface area contributed by atoms with Crippen LogP contribution in [0.15, 0.2) is 16.8 Å². The molecule has 5 heteroatoms. The fourth-order valence-corrected chi connectivity index (χ4v) is 0.738. The molecule has 0 aromatic heterocycles. The molecule has 0 amide bonds. The summed E-state index contributed by atoms with van der Waals surface area (Å²) in [4.78, 5) is 19.0. The third-order valence-corrected chi connectivity index (χ3v) is 1.26. The van der Waals surface area contributed by atoms with Gasteiger partial charge in [-0.3, -0.25) is 9.83 Å². The first-order valence-electron chi connectivity index (χ1n) is 3.00. The molecule has 0 atom stereocenters. The zero-order valence-corrected chi connectivity index (χ0v) is 6.02. The minimum Gasteiger partial charge on any atom is -0.477 e. The molecule has 1 aliphatic rings. The largest absolute Gasteiger partial charge is 0.477 e. The number of aliphatic carboxylic acids is 1. The van der Waals surface area contributed by atoms with Gasteiger partial charge in [-0.1, -0.05) is 0 Å². The molecule has 5 nitrogen and oxygen atoms in total. The van der Waals surface area contributed by atoms with Crippen LogP contribution in [0, 0.1) is 0 Å². The topological polar surface area (TPSA) is 62.1 Å². The second-order valence-corrected chi connectivity index (χ2v) is 1.89. The Labute approximate surface area is 63.5 Å². The average Bonchev–Trinajstić information content (AvgIpc) is 2.04. The lowest BCUT2D eigenvalue weighted by Gasteiger charge is -2.21. The molecule has 0 saturated heterocycles. The van der Waals surface area contributed by atoms with Gasteiger partial charge in [0.2, 0.25) is 0 Å². The number of carboxylic acid groups (broad SMARTS) is 1. The number of carbonyl (C=O) groups is 1.